The number of thiazole rings is 1. The molecule has 0 saturated carbocycles. The molecular weight excluding hydrogens is 210 g/mol. The number of hydrogen-bond acceptors (Lipinski definition) is 5. The highest BCUT2D eigenvalue weighted by molar-refractivity contribution is 7.16. The first kappa shape index (κ1) is 12.0. The van der Waals surface area contributed by atoms with Gasteiger partial charge in [-0.3, -0.25) is 0 Å². The van der Waals surface area contributed by atoms with Gasteiger partial charge in [0.15, 0.2) is 5.13 Å². The van der Waals surface area contributed by atoms with E-state index >= 15 is 0 Å². The molecular formula is C10H15N3OS. The average molecular weight is 225 g/mol. The van der Waals surface area contributed by atoms with Crippen LogP contribution in [-0.4, -0.2) is 25.2 Å². The molecule has 0 fully saturated rings. The Bertz CT molecular complexity index is 352. The number of hydrogen-bond donors (Lipinski definition) is 0. The first-order valence-electron chi connectivity index (χ1n) is 4.90. The topological polar surface area (TPSA) is 49.2 Å². The summed E-state index contributed by atoms with van der Waals surface area (Å²) in [6.45, 7) is 6.36. The smallest absolute Gasteiger partial charge is 0.186 e. The first-order chi connectivity index (χ1) is 7.26. The van der Waals surface area contributed by atoms with Crippen LogP contribution in [0.1, 0.15) is 24.4 Å². The summed E-state index contributed by atoms with van der Waals surface area (Å²) in [5, 5.41) is 9.84. The van der Waals surface area contributed by atoms with E-state index in [0.29, 0.717) is 11.5 Å². The minimum atomic E-state index is 0.403. The molecule has 0 unspecified atom stereocenters. The van der Waals surface area contributed by atoms with Crippen LogP contribution in [0.5, 0.6) is 0 Å². The molecule has 0 atom stereocenters. The molecule has 0 aromatic carbocycles. The van der Waals surface area contributed by atoms with Crippen molar-refractivity contribution in [2.24, 2.45) is 0 Å². The van der Waals surface area contributed by atoms with Crippen molar-refractivity contribution in [3.8, 4) is 6.07 Å². The van der Waals surface area contributed by atoms with Gasteiger partial charge in [0.25, 0.3) is 0 Å². The number of aromatic nitrogens is 1. The van der Waals surface area contributed by atoms with Crippen molar-refractivity contribution in [3.05, 3.63) is 10.6 Å². The van der Waals surface area contributed by atoms with Crippen LogP contribution in [-0.2, 0) is 11.3 Å². The molecule has 0 N–H and O–H groups in total. The van der Waals surface area contributed by atoms with Gasteiger partial charge in [-0.2, -0.15) is 5.26 Å². The van der Waals surface area contributed by atoms with Gasteiger partial charge in [0.2, 0.25) is 0 Å². The number of nitrogens with zero attached hydrogens (tertiary/aromatic N) is 3. The van der Waals surface area contributed by atoms with Gasteiger partial charge in [0, 0.05) is 20.2 Å². The molecule has 0 aliphatic rings. The second-order valence-corrected chi connectivity index (χ2v) is 3.97. The number of ether oxygens (including phenoxy) is 1. The molecule has 0 bridgehead atoms. The van der Waals surface area contributed by atoms with Crippen LogP contribution in [0.2, 0.25) is 0 Å². The third-order valence-electron chi connectivity index (χ3n) is 2.10. The zero-order valence-electron chi connectivity index (χ0n) is 9.28. The van der Waals surface area contributed by atoms with Crippen molar-refractivity contribution in [2.75, 3.05) is 25.1 Å². The summed E-state index contributed by atoms with van der Waals surface area (Å²) in [5.41, 5.74) is 0.743. The number of methoxy groups -OCH3 is 1. The fraction of sp³-hybridized carbons (Fsp3) is 0.600. The van der Waals surface area contributed by atoms with E-state index in [1.165, 1.54) is 11.3 Å². The lowest BCUT2D eigenvalue weighted by Gasteiger charge is -2.16. The molecule has 1 aromatic rings. The maximum Gasteiger partial charge on any atom is 0.186 e. The summed E-state index contributed by atoms with van der Waals surface area (Å²) in [6, 6.07) is 2.15. The van der Waals surface area contributed by atoms with Gasteiger partial charge < -0.3 is 9.64 Å². The summed E-state index contributed by atoms with van der Waals surface area (Å²) < 4.78 is 5.01. The molecule has 1 heterocycles. The second-order valence-electron chi connectivity index (χ2n) is 2.99. The number of nitriles is 1. The maximum atomic E-state index is 8.93. The summed E-state index contributed by atoms with van der Waals surface area (Å²) >= 11 is 1.43. The lowest BCUT2D eigenvalue weighted by atomic mass is 10.4. The minimum Gasteiger partial charge on any atom is -0.378 e. The average Bonchev–Trinajstić information content (AvgIpc) is 2.64. The lowest BCUT2D eigenvalue weighted by molar-refractivity contribution is 0.182. The minimum absolute atomic E-state index is 0.403. The molecule has 5 heteroatoms. The molecule has 1 aromatic heterocycles. The quantitative estimate of drug-likeness (QED) is 0.769. The van der Waals surface area contributed by atoms with Gasteiger partial charge in [0.1, 0.15) is 10.9 Å². The van der Waals surface area contributed by atoms with E-state index in [1.807, 2.05) is 0 Å². The van der Waals surface area contributed by atoms with Crippen LogP contribution in [0.15, 0.2) is 0 Å². The predicted molar refractivity (Wildman–Crippen MR) is 61.1 cm³/mol. The van der Waals surface area contributed by atoms with E-state index in [1.54, 1.807) is 7.11 Å². The van der Waals surface area contributed by atoms with Crippen LogP contribution in [0.4, 0.5) is 5.13 Å². The molecule has 15 heavy (non-hydrogen) atoms. The highest BCUT2D eigenvalue weighted by Gasteiger charge is 2.13. The number of rotatable bonds is 5. The molecule has 0 radical (unpaired) electrons. The van der Waals surface area contributed by atoms with Crippen LogP contribution in [0.25, 0.3) is 0 Å². The predicted octanol–water partition coefficient (Wildman–Crippen LogP) is 2.01. The van der Waals surface area contributed by atoms with Crippen molar-refractivity contribution in [1.29, 1.82) is 5.26 Å². The molecule has 0 aliphatic heterocycles. The fourth-order valence-corrected chi connectivity index (χ4v) is 2.28. The first-order valence-corrected chi connectivity index (χ1v) is 5.72. The molecule has 1 rings (SSSR count). The fourth-order valence-electron chi connectivity index (χ4n) is 1.29. The van der Waals surface area contributed by atoms with Gasteiger partial charge >= 0.3 is 0 Å². The van der Waals surface area contributed by atoms with Crippen molar-refractivity contribution >= 4 is 16.5 Å². The van der Waals surface area contributed by atoms with E-state index in [4.69, 9.17) is 10.00 Å². The van der Waals surface area contributed by atoms with E-state index in [-0.39, 0.29) is 0 Å². The van der Waals surface area contributed by atoms with Crippen molar-refractivity contribution < 1.29 is 4.74 Å². The Kier molecular flexibility index (Phi) is 4.53. The van der Waals surface area contributed by atoms with Gasteiger partial charge in [0.05, 0.1) is 12.3 Å². The number of anilines is 1. The standard InChI is InChI=1S/C10H15N3OS/c1-4-13(5-2)10-12-8(7-14-3)9(6-11)15-10/h4-5,7H2,1-3H3. The lowest BCUT2D eigenvalue weighted by Crippen LogP contribution is -2.21. The van der Waals surface area contributed by atoms with E-state index in [9.17, 15) is 0 Å². The normalized spacial score (nSPS) is 10.0. The largest absolute Gasteiger partial charge is 0.378 e. The maximum absolute atomic E-state index is 8.93. The summed E-state index contributed by atoms with van der Waals surface area (Å²) in [4.78, 5) is 7.19. The van der Waals surface area contributed by atoms with Crippen molar-refractivity contribution in [2.45, 2.75) is 20.5 Å². The highest BCUT2D eigenvalue weighted by Crippen LogP contribution is 2.25. The van der Waals surface area contributed by atoms with E-state index < -0.39 is 0 Å². The van der Waals surface area contributed by atoms with Crippen molar-refractivity contribution in [3.63, 3.8) is 0 Å². The Morgan fingerprint density at radius 3 is 2.60 bits per heavy atom. The van der Waals surface area contributed by atoms with Gasteiger partial charge in [-0.25, -0.2) is 4.98 Å². The Labute approximate surface area is 94.1 Å². The van der Waals surface area contributed by atoms with Gasteiger partial charge in [-0.1, -0.05) is 11.3 Å². The SMILES string of the molecule is CCN(CC)c1nc(COC)c(C#N)s1. The monoisotopic (exact) mass is 225 g/mol. The summed E-state index contributed by atoms with van der Waals surface area (Å²) in [6.07, 6.45) is 0. The Balaban J connectivity index is 2.97. The van der Waals surface area contributed by atoms with Crippen LogP contribution < -0.4 is 4.90 Å². The molecule has 0 saturated heterocycles. The third kappa shape index (κ3) is 2.67. The Morgan fingerprint density at radius 2 is 2.13 bits per heavy atom. The van der Waals surface area contributed by atoms with Gasteiger partial charge in [-0.05, 0) is 13.8 Å². The second kappa shape index (κ2) is 5.69. The highest BCUT2D eigenvalue weighted by atomic mass is 32.1. The zero-order chi connectivity index (χ0) is 11.3. The van der Waals surface area contributed by atoms with E-state index in [2.05, 4.69) is 29.8 Å². The third-order valence-corrected chi connectivity index (χ3v) is 3.17. The molecule has 4 nitrogen and oxygen atoms in total. The summed E-state index contributed by atoms with van der Waals surface area (Å²) in [7, 11) is 1.61. The zero-order valence-corrected chi connectivity index (χ0v) is 10.1. The van der Waals surface area contributed by atoms with Crippen molar-refractivity contribution in [1.82, 2.24) is 4.98 Å². The molecule has 0 aliphatic carbocycles. The molecule has 0 amide bonds. The summed E-state index contributed by atoms with van der Waals surface area (Å²) in [5.74, 6) is 0. The Hall–Kier alpha value is -1.12. The van der Waals surface area contributed by atoms with Crippen LogP contribution in [0, 0.1) is 11.3 Å². The van der Waals surface area contributed by atoms with E-state index in [0.717, 1.165) is 23.9 Å². The van der Waals surface area contributed by atoms with Gasteiger partial charge in [-0.15, -0.1) is 0 Å². The Morgan fingerprint density at radius 1 is 1.47 bits per heavy atom. The van der Waals surface area contributed by atoms with Crippen LogP contribution >= 0.6 is 11.3 Å². The molecule has 0 spiro atoms. The van der Waals surface area contributed by atoms with Crippen LogP contribution in [0.3, 0.4) is 0 Å². The molecule has 82 valence electrons.